The molecule has 0 fully saturated rings. The average molecular weight is 286 g/mol. The minimum atomic E-state index is -3.39. The standard InChI is InChI=1S/C11H12ClN3O2S/c12-9-18(16,17)14-7-10-6-13-15(8-10)11-4-2-1-3-5-11/h1-6,8,14H,7,9H2. The molecule has 1 N–H and O–H groups in total. The Labute approximate surface area is 110 Å². The molecule has 5 nitrogen and oxygen atoms in total. The lowest BCUT2D eigenvalue weighted by molar-refractivity contribution is 0.586. The van der Waals surface area contributed by atoms with Crippen molar-refractivity contribution in [3.63, 3.8) is 0 Å². The Bertz CT molecular complexity index is 610. The van der Waals surface area contributed by atoms with E-state index in [9.17, 15) is 8.42 Å². The molecule has 18 heavy (non-hydrogen) atoms. The largest absolute Gasteiger partial charge is 0.241 e. The van der Waals surface area contributed by atoms with Crippen LogP contribution in [0.3, 0.4) is 0 Å². The van der Waals surface area contributed by atoms with Crippen LogP contribution < -0.4 is 4.72 Å². The molecule has 2 rings (SSSR count). The lowest BCUT2D eigenvalue weighted by Crippen LogP contribution is -2.23. The molecular formula is C11H12ClN3O2S. The smallest absolute Gasteiger partial charge is 0.225 e. The number of benzene rings is 1. The first-order valence-electron chi connectivity index (χ1n) is 5.23. The third kappa shape index (κ3) is 3.32. The van der Waals surface area contributed by atoms with Crippen molar-refractivity contribution in [1.29, 1.82) is 0 Å². The first-order chi connectivity index (χ1) is 8.61. The predicted molar refractivity (Wildman–Crippen MR) is 70.0 cm³/mol. The molecule has 0 radical (unpaired) electrons. The van der Waals surface area contributed by atoms with E-state index in [0.717, 1.165) is 11.3 Å². The zero-order valence-electron chi connectivity index (χ0n) is 9.45. The molecule has 1 aromatic carbocycles. The zero-order valence-corrected chi connectivity index (χ0v) is 11.0. The Morgan fingerprint density at radius 3 is 2.67 bits per heavy atom. The molecule has 96 valence electrons. The number of hydrogen-bond acceptors (Lipinski definition) is 3. The van der Waals surface area contributed by atoms with Crippen molar-refractivity contribution in [2.75, 3.05) is 5.21 Å². The van der Waals surface area contributed by atoms with Crippen LogP contribution in [0.1, 0.15) is 5.56 Å². The maximum Gasteiger partial charge on any atom is 0.225 e. The molecular weight excluding hydrogens is 274 g/mol. The van der Waals surface area contributed by atoms with Gasteiger partial charge < -0.3 is 0 Å². The van der Waals surface area contributed by atoms with Crippen molar-refractivity contribution >= 4 is 21.6 Å². The van der Waals surface area contributed by atoms with E-state index >= 15 is 0 Å². The maximum atomic E-state index is 11.2. The van der Waals surface area contributed by atoms with Gasteiger partial charge in [-0.3, -0.25) is 0 Å². The summed E-state index contributed by atoms with van der Waals surface area (Å²) in [5.74, 6) is 0. The van der Waals surface area contributed by atoms with Crippen molar-refractivity contribution in [3.8, 4) is 5.69 Å². The molecule has 0 spiro atoms. The summed E-state index contributed by atoms with van der Waals surface area (Å²) in [5, 5.41) is 3.72. The molecule has 0 atom stereocenters. The number of para-hydroxylation sites is 1. The van der Waals surface area contributed by atoms with Gasteiger partial charge in [-0.2, -0.15) is 5.10 Å². The highest BCUT2D eigenvalue weighted by atomic mass is 35.5. The van der Waals surface area contributed by atoms with Gasteiger partial charge in [-0.05, 0) is 12.1 Å². The third-order valence-corrected chi connectivity index (χ3v) is 4.03. The van der Waals surface area contributed by atoms with Gasteiger partial charge >= 0.3 is 0 Å². The number of nitrogens with zero attached hydrogens (tertiary/aromatic N) is 2. The highest BCUT2D eigenvalue weighted by Gasteiger charge is 2.08. The van der Waals surface area contributed by atoms with Crippen LogP contribution in [0.4, 0.5) is 0 Å². The van der Waals surface area contributed by atoms with Crippen molar-refractivity contribution in [2.24, 2.45) is 0 Å². The zero-order chi connectivity index (χ0) is 13.0. The average Bonchev–Trinajstić information content (AvgIpc) is 2.86. The van der Waals surface area contributed by atoms with Crippen LogP contribution in [-0.4, -0.2) is 23.4 Å². The van der Waals surface area contributed by atoms with E-state index < -0.39 is 15.2 Å². The Balaban J connectivity index is 2.08. The number of sulfonamides is 1. The van der Waals surface area contributed by atoms with Crippen LogP contribution in [0, 0.1) is 0 Å². The van der Waals surface area contributed by atoms with Gasteiger partial charge in [0.2, 0.25) is 10.0 Å². The molecule has 0 bridgehead atoms. The summed E-state index contributed by atoms with van der Waals surface area (Å²) < 4.78 is 26.4. The highest BCUT2D eigenvalue weighted by Crippen LogP contribution is 2.07. The van der Waals surface area contributed by atoms with E-state index in [1.165, 1.54) is 0 Å². The Morgan fingerprint density at radius 2 is 2.00 bits per heavy atom. The quantitative estimate of drug-likeness (QED) is 0.847. The van der Waals surface area contributed by atoms with Crippen LogP contribution in [0.15, 0.2) is 42.7 Å². The molecule has 1 aromatic heterocycles. The highest BCUT2D eigenvalue weighted by molar-refractivity contribution is 7.90. The molecule has 0 aliphatic rings. The Morgan fingerprint density at radius 1 is 1.28 bits per heavy atom. The van der Waals surface area contributed by atoms with Crippen LogP contribution in [0.25, 0.3) is 5.69 Å². The van der Waals surface area contributed by atoms with Gasteiger partial charge in [0.1, 0.15) is 5.21 Å². The van der Waals surface area contributed by atoms with E-state index in [0.29, 0.717) is 0 Å². The predicted octanol–water partition coefficient (Wildman–Crippen LogP) is 1.49. The van der Waals surface area contributed by atoms with E-state index in [1.807, 2.05) is 30.3 Å². The summed E-state index contributed by atoms with van der Waals surface area (Å²) in [5.41, 5.74) is 1.69. The summed E-state index contributed by atoms with van der Waals surface area (Å²) in [6.07, 6.45) is 3.38. The number of alkyl halides is 1. The summed E-state index contributed by atoms with van der Waals surface area (Å²) in [6, 6.07) is 9.57. The second kappa shape index (κ2) is 5.51. The number of halogens is 1. The maximum absolute atomic E-state index is 11.2. The van der Waals surface area contributed by atoms with Crippen molar-refractivity contribution in [1.82, 2.24) is 14.5 Å². The first kappa shape index (κ1) is 13.1. The monoisotopic (exact) mass is 285 g/mol. The van der Waals surface area contributed by atoms with Crippen LogP contribution in [-0.2, 0) is 16.6 Å². The van der Waals surface area contributed by atoms with Crippen LogP contribution in [0.5, 0.6) is 0 Å². The minimum absolute atomic E-state index is 0.182. The summed E-state index contributed by atoms with van der Waals surface area (Å²) in [6.45, 7) is 0.182. The fourth-order valence-electron chi connectivity index (χ4n) is 1.41. The van der Waals surface area contributed by atoms with Crippen molar-refractivity contribution < 1.29 is 8.42 Å². The molecule has 1 heterocycles. The second-order valence-corrected chi connectivity index (χ2v) is 6.06. The van der Waals surface area contributed by atoms with Gasteiger partial charge in [0.15, 0.2) is 0 Å². The SMILES string of the molecule is O=S(=O)(CCl)NCc1cnn(-c2ccccc2)c1. The number of rotatable bonds is 5. The van der Waals surface area contributed by atoms with Gasteiger partial charge in [-0.15, -0.1) is 11.6 Å². The van der Waals surface area contributed by atoms with Gasteiger partial charge in [0.25, 0.3) is 0 Å². The Hall–Kier alpha value is -1.37. The third-order valence-electron chi connectivity index (χ3n) is 2.30. The van der Waals surface area contributed by atoms with Crippen molar-refractivity contribution in [2.45, 2.75) is 6.54 Å². The van der Waals surface area contributed by atoms with E-state index in [4.69, 9.17) is 11.6 Å². The van der Waals surface area contributed by atoms with E-state index in [2.05, 4.69) is 9.82 Å². The first-order valence-corrected chi connectivity index (χ1v) is 7.42. The molecule has 0 unspecified atom stereocenters. The van der Waals surface area contributed by atoms with Gasteiger partial charge in [0, 0.05) is 18.3 Å². The fourth-order valence-corrected chi connectivity index (χ4v) is 2.10. The molecule has 0 saturated carbocycles. The normalized spacial score (nSPS) is 11.6. The summed E-state index contributed by atoms with van der Waals surface area (Å²) in [4.78, 5) is 0. The van der Waals surface area contributed by atoms with Gasteiger partial charge in [-0.25, -0.2) is 17.8 Å². The lowest BCUT2D eigenvalue weighted by Gasteiger charge is -2.01. The van der Waals surface area contributed by atoms with E-state index in [1.54, 1.807) is 17.1 Å². The number of aromatic nitrogens is 2. The molecule has 2 aromatic rings. The molecule has 0 aliphatic carbocycles. The van der Waals surface area contributed by atoms with Crippen LogP contribution in [0.2, 0.25) is 0 Å². The molecule has 7 heteroatoms. The Kier molecular flexibility index (Phi) is 4.00. The minimum Gasteiger partial charge on any atom is -0.241 e. The topological polar surface area (TPSA) is 64.0 Å². The summed E-state index contributed by atoms with van der Waals surface area (Å²) >= 11 is 5.29. The molecule has 0 saturated heterocycles. The van der Waals surface area contributed by atoms with E-state index in [-0.39, 0.29) is 6.54 Å². The van der Waals surface area contributed by atoms with Gasteiger partial charge in [-0.1, -0.05) is 18.2 Å². The second-order valence-electron chi connectivity index (χ2n) is 3.67. The number of nitrogens with one attached hydrogen (secondary N) is 1. The lowest BCUT2D eigenvalue weighted by atomic mass is 10.3. The fraction of sp³-hybridized carbons (Fsp3) is 0.182. The number of hydrogen-bond donors (Lipinski definition) is 1. The summed E-state index contributed by atoms with van der Waals surface area (Å²) in [7, 11) is -3.39. The van der Waals surface area contributed by atoms with Crippen LogP contribution >= 0.6 is 11.6 Å². The van der Waals surface area contributed by atoms with Gasteiger partial charge in [0.05, 0.1) is 11.9 Å². The molecule has 0 aliphatic heterocycles. The van der Waals surface area contributed by atoms with Crippen molar-refractivity contribution in [3.05, 3.63) is 48.3 Å². The molecule has 0 amide bonds.